The summed E-state index contributed by atoms with van der Waals surface area (Å²) in [5.74, 6) is 0.250. The van der Waals surface area contributed by atoms with E-state index in [0.717, 1.165) is 6.07 Å². The molecule has 32 heavy (non-hydrogen) atoms. The van der Waals surface area contributed by atoms with E-state index in [1.54, 1.807) is 24.3 Å². The van der Waals surface area contributed by atoms with Crippen molar-refractivity contribution >= 4 is 33.0 Å². The Labute approximate surface area is 185 Å². The molecule has 0 spiro atoms. The summed E-state index contributed by atoms with van der Waals surface area (Å²) in [6.07, 6.45) is 0. The number of sulfonamides is 1. The van der Waals surface area contributed by atoms with Gasteiger partial charge in [-0.1, -0.05) is 0 Å². The number of morpholine rings is 1. The van der Waals surface area contributed by atoms with Gasteiger partial charge in [-0.05, 0) is 36.4 Å². The zero-order chi connectivity index (χ0) is 23.3. The fraction of sp³-hybridized carbons (Fsp3) is 0.350. The lowest BCUT2D eigenvalue weighted by Gasteiger charge is -2.26. The van der Waals surface area contributed by atoms with Crippen LogP contribution < -0.4 is 15.0 Å². The van der Waals surface area contributed by atoms with Crippen LogP contribution in [0, 0.1) is 10.1 Å². The molecule has 1 aliphatic heterocycles. The number of anilines is 2. The monoisotopic (exact) mass is 464 g/mol. The van der Waals surface area contributed by atoms with Crippen molar-refractivity contribution in [1.29, 1.82) is 0 Å². The fourth-order valence-corrected chi connectivity index (χ4v) is 4.67. The number of ether oxygens (including phenoxy) is 2. The van der Waals surface area contributed by atoms with Crippen LogP contribution in [0.1, 0.15) is 0 Å². The molecule has 1 aliphatic rings. The predicted molar refractivity (Wildman–Crippen MR) is 118 cm³/mol. The van der Waals surface area contributed by atoms with Crippen LogP contribution in [0.4, 0.5) is 17.1 Å². The number of amides is 1. The van der Waals surface area contributed by atoms with Crippen LogP contribution in [0.2, 0.25) is 0 Å². The van der Waals surface area contributed by atoms with Crippen LogP contribution in [-0.2, 0) is 19.6 Å². The molecular formula is C20H24N4O7S. The summed E-state index contributed by atoms with van der Waals surface area (Å²) in [4.78, 5) is 24.6. The average Bonchev–Trinajstić information content (AvgIpc) is 2.79. The van der Waals surface area contributed by atoms with E-state index >= 15 is 0 Å². The van der Waals surface area contributed by atoms with Gasteiger partial charge in [0.15, 0.2) is 0 Å². The maximum atomic E-state index is 12.8. The first-order chi connectivity index (χ1) is 15.2. The van der Waals surface area contributed by atoms with Gasteiger partial charge in [0.05, 0.1) is 36.7 Å². The number of nitrogens with zero attached hydrogens (tertiary/aromatic N) is 3. The largest absolute Gasteiger partial charge is 0.497 e. The third-order valence-electron chi connectivity index (χ3n) is 4.92. The van der Waals surface area contributed by atoms with E-state index in [0.29, 0.717) is 11.4 Å². The van der Waals surface area contributed by atoms with E-state index in [4.69, 9.17) is 9.47 Å². The van der Waals surface area contributed by atoms with Gasteiger partial charge in [-0.25, -0.2) is 8.42 Å². The van der Waals surface area contributed by atoms with E-state index in [-0.39, 0.29) is 43.4 Å². The number of methoxy groups -OCH3 is 1. The van der Waals surface area contributed by atoms with E-state index in [2.05, 4.69) is 5.32 Å². The normalized spacial score (nSPS) is 14.6. The van der Waals surface area contributed by atoms with Crippen molar-refractivity contribution in [2.75, 3.05) is 57.2 Å². The van der Waals surface area contributed by atoms with Gasteiger partial charge in [0, 0.05) is 31.9 Å². The lowest BCUT2D eigenvalue weighted by Crippen LogP contribution is -2.40. The molecule has 0 unspecified atom stereocenters. The first-order valence-corrected chi connectivity index (χ1v) is 11.2. The molecule has 1 heterocycles. The Balaban J connectivity index is 1.77. The summed E-state index contributed by atoms with van der Waals surface area (Å²) in [7, 11) is -0.835. The second-order valence-corrected chi connectivity index (χ2v) is 8.99. The van der Waals surface area contributed by atoms with Crippen molar-refractivity contribution < 1.29 is 27.6 Å². The van der Waals surface area contributed by atoms with Crippen molar-refractivity contribution in [2.24, 2.45) is 0 Å². The summed E-state index contributed by atoms with van der Waals surface area (Å²) in [6.45, 7) is 0.728. The third kappa shape index (κ3) is 5.33. The topological polar surface area (TPSA) is 131 Å². The Kier molecular flexibility index (Phi) is 7.28. The molecule has 0 saturated carbocycles. The second-order valence-electron chi connectivity index (χ2n) is 7.06. The number of benzene rings is 2. The van der Waals surface area contributed by atoms with E-state index < -0.39 is 26.5 Å². The number of likely N-dealkylation sites (N-methyl/N-ethyl adjacent to an activating group) is 1. The first-order valence-electron chi connectivity index (χ1n) is 9.74. The van der Waals surface area contributed by atoms with Gasteiger partial charge >= 0.3 is 0 Å². The van der Waals surface area contributed by atoms with E-state index in [1.165, 1.54) is 35.5 Å². The van der Waals surface area contributed by atoms with Gasteiger partial charge in [-0.15, -0.1) is 0 Å². The standard InChI is InChI=1S/C20H24N4O7S/c1-22(14-20(25)21-15-3-5-16(30-2)6-4-15)18-8-7-17(13-19(18)24(26)27)32(28,29)23-9-11-31-12-10-23/h3-8,13H,9-12,14H2,1-2H3,(H,21,25). The molecule has 1 fully saturated rings. The van der Waals surface area contributed by atoms with Crippen molar-refractivity contribution in [2.45, 2.75) is 4.90 Å². The molecule has 2 aromatic rings. The second kappa shape index (κ2) is 9.94. The van der Waals surface area contributed by atoms with E-state index in [9.17, 15) is 23.3 Å². The number of nitro benzene ring substituents is 1. The van der Waals surface area contributed by atoms with Gasteiger partial charge in [-0.3, -0.25) is 14.9 Å². The number of nitro groups is 1. The highest BCUT2D eigenvalue weighted by Crippen LogP contribution is 2.31. The Morgan fingerprint density at radius 3 is 2.47 bits per heavy atom. The average molecular weight is 465 g/mol. The molecule has 0 bridgehead atoms. The minimum atomic E-state index is -3.89. The molecule has 12 heteroatoms. The summed E-state index contributed by atoms with van der Waals surface area (Å²) < 4.78 is 37.1. The zero-order valence-electron chi connectivity index (χ0n) is 17.7. The summed E-state index contributed by atoms with van der Waals surface area (Å²) in [5.41, 5.74) is 0.269. The lowest BCUT2D eigenvalue weighted by molar-refractivity contribution is -0.384. The molecule has 0 aromatic heterocycles. The minimum Gasteiger partial charge on any atom is -0.497 e. The van der Waals surface area contributed by atoms with Crippen molar-refractivity contribution in [3.8, 4) is 5.75 Å². The Morgan fingerprint density at radius 2 is 1.88 bits per heavy atom. The Bertz CT molecular complexity index is 1080. The quantitative estimate of drug-likeness (QED) is 0.461. The molecule has 3 rings (SSSR count). The Morgan fingerprint density at radius 1 is 1.22 bits per heavy atom. The van der Waals surface area contributed by atoms with Crippen LogP contribution in [0.5, 0.6) is 5.75 Å². The molecule has 1 N–H and O–H groups in total. The van der Waals surface area contributed by atoms with Crippen LogP contribution in [0.25, 0.3) is 0 Å². The molecule has 11 nitrogen and oxygen atoms in total. The van der Waals surface area contributed by atoms with Crippen molar-refractivity contribution in [1.82, 2.24) is 4.31 Å². The number of carbonyl (C=O) groups is 1. The van der Waals surface area contributed by atoms with E-state index in [1.807, 2.05) is 0 Å². The van der Waals surface area contributed by atoms with Crippen LogP contribution in [0.15, 0.2) is 47.4 Å². The molecule has 0 aliphatic carbocycles. The highest BCUT2D eigenvalue weighted by Gasteiger charge is 2.29. The molecule has 0 radical (unpaired) electrons. The summed E-state index contributed by atoms with van der Waals surface area (Å²) in [6, 6.07) is 10.4. The summed E-state index contributed by atoms with van der Waals surface area (Å²) in [5, 5.41) is 14.4. The smallest absolute Gasteiger partial charge is 0.293 e. The highest BCUT2D eigenvalue weighted by atomic mass is 32.2. The van der Waals surface area contributed by atoms with Gasteiger partial charge in [0.25, 0.3) is 5.69 Å². The van der Waals surface area contributed by atoms with Crippen molar-refractivity contribution in [3.63, 3.8) is 0 Å². The maximum Gasteiger partial charge on any atom is 0.293 e. The number of rotatable bonds is 8. The maximum absolute atomic E-state index is 12.8. The lowest BCUT2D eigenvalue weighted by atomic mass is 10.2. The highest BCUT2D eigenvalue weighted by molar-refractivity contribution is 7.89. The SMILES string of the molecule is COc1ccc(NC(=O)CN(C)c2ccc(S(=O)(=O)N3CCOCC3)cc2[N+](=O)[O-])cc1. The number of hydrogen-bond donors (Lipinski definition) is 1. The molecule has 172 valence electrons. The van der Waals surface area contributed by atoms with Gasteiger partial charge in [-0.2, -0.15) is 4.31 Å². The van der Waals surface area contributed by atoms with Gasteiger partial charge in [0.1, 0.15) is 11.4 Å². The fourth-order valence-electron chi connectivity index (χ4n) is 3.24. The Hall–Kier alpha value is -3.22. The molecular weight excluding hydrogens is 440 g/mol. The molecule has 1 amide bonds. The van der Waals surface area contributed by atoms with Crippen LogP contribution in [0.3, 0.4) is 0 Å². The predicted octanol–water partition coefficient (Wildman–Crippen LogP) is 1.70. The molecule has 2 aromatic carbocycles. The zero-order valence-corrected chi connectivity index (χ0v) is 18.5. The molecule has 1 saturated heterocycles. The molecule has 0 atom stereocenters. The number of carbonyl (C=O) groups excluding carboxylic acids is 1. The van der Waals surface area contributed by atoms with Gasteiger partial charge < -0.3 is 19.7 Å². The number of hydrogen-bond acceptors (Lipinski definition) is 8. The first kappa shape index (κ1) is 23.4. The minimum absolute atomic E-state index is 0.126. The summed E-state index contributed by atoms with van der Waals surface area (Å²) >= 11 is 0. The van der Waals surface area contributed by atoms with Crippen LogP contribution >= 0.6 is 0 Å². The third-order valence-corrected chi connectivity index (χ3v) is 6.81. The van der Waals surface area contributed by atoms with Gasteiger partial charge in [0.2, 0.25) is 15.9 Å². The van der Waals surface area contributed by atoms with Crippen LogP contribution in [-0.4, -0.2) is 70.6 Å². The van der Waals surface area contributed by atoms with Crippen molar-refractivity contribution in [3.05, 3.63) is 52.6 Å². The number of nitrogens with one attached hydrogen (secondary N) is 1.